The molecule has 0 spiro atoms. The summed E-state index contributed by atoms with van der Waals surface area (Å²) in [5, 5.41) is 14.6. The number of hydrogen-bond acceptors (Lipinski definition) is 4. The van der Waals surface area contributed by atoms with Gasteiger partial charge in [-0.05, 0) is 50.8 Å². The summed E-state index contributed by atoms with van der Waals surface area (Å²) >= 11 is 0. The second-order valence-corrected chi connectivity index (χ2v) is 9.23. The van der Waals surface area contributed by atoms with E-state index in [0.717, 1.165) is 48.2 Å². The maximum absolute atomic E-state index is 13.0. The highest BCUT2D eigenvalue weighted by molar-refractivity contribution is 5.93. The first-order valence-electron chi connectivity index (χ1n) is 11.4. The smallest absolute Gasteiger partial charge is 0.238 e. The van der Waals surface area contributed by atoms with Crippen LogP contribution in [0.15, 0.2) is 42.5 Å². The van der Waals surface area contributed by atoms with Gasteiger partial charge in [0, 0.05) is 29.8 Å². The van der Waals surface area contributed by atoms with E-state index in [4.69, 9.17) is 4.74 Å². The molecule has 1 heterocycles. The Morgan fingerprint density at radius 2 is 2.00 bits per heavy atom. The van der Waals surface area contributed by atoms with Crippen LogP contribution in [-0.4, -0.2) is 41.7 Å². The average molecular weight is 423 g/mol. The van der Waals surface area contributed by atoms with E-state index in [1.807, 2.05) is 37.3 Å². The molecule has 2 N–H and O–H groups in total. The lowest BCUT2D eigenvalue weighted by atomic mass is 9.66. The molecule has 4 rings (SSSR count). The quantitative estimate of drug-likeness (QED) is 0.738. The molecule has 1 amide bonds. The van der Waals surface area contributed by atoms with E-state index >= 15 is 0 Å². The summed E-state index contributed by atoms with van der Waals surface area (Å²) < 4.78 is 5.68. The molecule has 2 aliphatic rings. The van der Waals surface area contributed by atoms with Crippen molar-refractivity contribution in [2.45, 2.75) is 57.6 Å². The molecule has 1 saturated heterocycles. The molecule has 1 aliphatic carbocycles. The van der Waals surface area contributed by atoms with Crippen molar-refractivity contribution in [2.75, 3.05) is 25.5 Å². The first-order valence-corrected chi connectivity index (χ1v) is 11.4. The van der Waals surface area contributed by atoms with Gasteiger partial charge in [-0.1, -0.05) is 48.7 Å². The van der Waals surface area contributed by atoms with Gasteiger partial charge >= 0.3 is 0 Å². The number of nitrogens with one attached hydrogen (secondary N) is 1. The molecular formula is C26H34N2O3. The van der Waals surface area contributed by atoms with Crippen molar-refractivity contribution in [3.63, 3.8) is 0 Å². The molecule has 0 bridgehead atoms. The predicted molar refractivity (Wildman–Crippen MR) is 123 cm³/mol. The number of methoxy groups -OCH3 is 1. The molecule has 2 aromatic carbocycles. The van der Waals surface area contributed by atoms with Gasteiger partial charge in [0.1, 0.15) is 5.75 Å². The molecule has 0 unspecified atom stereocenters. The van der Waals surface area contributed by atoms with Gasteiger partial charge in [0.25, 0.3) is 0 Å². The fraction of sp³-hybridized carbons (Fsp3) is 0.500. The number of aryl methyl sites for hydroxylation is 2. The molecular weight excluding hydrogens is 388 g/mol. The minimum absolute atomic E-state index is 0.0203. The zero-order valence-corrected chi connectivity index (χ0v) is 18.9. The lowest BCUT2D eigenvalue weighted by molar-refractivity contribution is -0.135. The Balaban J connectivity index is 1.61. The summed E-state index contributed by atoms with van der Waals surface area (Å²) in [6.07, 6.45) is 4.69. The number of nitrogens with zero attached hydrogens (tertiary/aromatic N) is 1. The number of likely N-dealkylation sites (tertiary alicyclic amines) is 1. The van der Waals surface area contributed by atoms with Crippen molar-refractivity contribution in [2.24, 2.45) is 5.92 Å². The molecule has 3 atom stereocenters. The molecule has 31 heavy (non-hydrogen) atoms. The SMILES string of the molecule is COc1ccccc1[C@@H]1[C@H]2CCCC[C@@]2(O)CCN1CC(=O)Nc1ccc(C)cc1C. The number of benzene rings is 2. The summed E-state index contributed by atoms with van der Waals surface area (Å²) in [6.45, 7) is 5.05. The van der Waals surface area contributed by atoms with Crippen molar-refractivity contribution in [3.05, 3.63) is 59.2 Å². The summed E-state index contributed by atoms with van der Waals surface area (Å²) in [7, 11) is 1.69. The zero-order valence-electron chi connectivity index (χ0n) is 18.9. The van der Waals surface area contributed by atoms with E-state index in [2.05, 4.69) is 29.3 Å². The van der Waals surface area contributed by atoms with Crippen LogP contribution in [0.4, 0.5) is 5.69 Å². The Kier molecular flexibility index (Phi) is 6.35. The van der Waals surface area contributed by atoms with E-state index in [0.29, 0.717) is 19.5 Å². The largest absolute Gasteiger partial charge is 0.496 e. The molecule has 166 valence electrons. The monoisotopic (exact) mass is 422 g/mol. The first-order chi connectivity index (χ1) is 14.9. The van der Waals surface area contributed by atoms with Crippen molar-refractivity contribution in [1.29, 1.82) is 0 Å². The van der Waals surface area contributed by atoms with Gasteiger partial charge < -0.3 is 15.2 Å². The maximum atomic E-state index is 13.0. The molecule has 0 aromatic heterocycles. The molecule has 2 aromatic rings. The Labute approximate surface area is 185 Å². The number of aliphatic hydroxyl groups is 1. The van der Waals surface area contributed by atoms with Crippen molar-refractivity contribution in [1.82, 2.24) is 4.90 Å². The van der Waals surface area contributed by atoms with Crippen LogP contribution in [0.1, 0.15) is 54.8 Å². The van der Waals surface area contributed by atoms with Crippen LogP contribution in [0.2, 0.25) is 0 Å². The lowest BCUT2D eigenvalue weighted by Gasteiger charge is -2.52. The standard InChI is InChI=1S/C26H34N2O3/c1-18-11-12-22(19(2)16-18)27-24(29)17-28-15-14-26(30)13-7-6-9-21(26)25(28)20-8-4-5-10-23(20)31-3/h4-5,8,10-12,16,21,25,30H,6-7,9,13-15,17H2,1-3H3,(H,27,29)/t21-,25-,26-/m1/s1. The third-order valence-corrected chi connectivity index (χ3v) is 7.13. The number of carbonyl (C=O) groups excluding carboxylic acids is 1. The second kappa shape index (κ2) is 9.01. The maximum Gasteiger partial charge on any atom is 0.238 e. The molecule has 1 saturated carbocycles. The van der Waals surface area contributed by atoms with Crippen LogP contribution in [0.25, 0.3) is 0 Å². The van der Waals surface area contributed by atoms with Gasteiger partial charge in [0.05, 0.1) is 19.3 Å². The molecule has 2 fully saturated rings. The number of anilines is 1. The highest BCUT2D eigenvalue weighted by atomic mass is 16.5. The average Bonchev–Trinajstić information content (AvgIpc) is 2.75. The van der Waals surface area contributed by atoms with Gasteiger partial charge in [-0.2, -0.15) is 0 Å². The highest BCUT2D eigenvalue weighted by Gasteiger charge is 2.49. The summed E-state index contributed by atoms with van der Waals surface area (Å²) in [5.74, 6) is 0.899. The fourth-order valence-corrected chi connectivity index (χ4v) is 5.57. The van der Waals surface area contributed by atoms with Crippen molar-refractivity contribution in [3.8, 4) is 5.75 Å². The number of amides is 1. The van der Waals surface area contributed by atoms with Crippen LogP contribution in [-0.2, 0) is 4.79 Å². The van der Waals surface area contributed by atoms with E-state index in [1.165, 1.54) is 5.56 Å². The first kappa shape index (κ1) is 21.8. The van der Waals surface area contributed by atoms with Crippen LogP contribution >= 0.6 is 0 Å². The molecule has 5 heteroatoms. The van der Waals surface area contributed by atoms with Crippen LogP contribution < -0.4 is 10.1 Å². The van der Waals surface area contributed by atoms with Gasteiger partial charge in [0.2, 0.25) is 5.91 Å². The Bertz CT molecular complexity index is 944. The van der Waals surface area contributed by atoms with Crippen molar-refractivity contribution < 1.29 is 14.6 Å². The summed E-state index contributed by atoms with van der Waals surface area (Å²) in [6, 6.07) is 14.1. The summed E-state index contributed by atoms with van der Waals surface area (Å²) in [5.41, 5.74) is 3.50. The minimum Gasteiger partial charge on any atom is -0.496 e. The topological polar surface area (TPSA) is 61.8 Å². The third kappa shape index (κ3) is 4.48. The number of fused-ring (bicyclic) bond motifs is 1. The normalized spacial score (nSPS) is 26.2. The van der Waals surface area contributed by atoms with Crippen LogP contribution in [0, 0.1) is 19.8 Å². The Morgan fingerprint density at radius 3 is 2.77 bits per heavy atom. The van der Waals surface area contributed by atoms with E-state index in [1.54, 1.807) is 7.11 Å². The van der Waals surface area contributed by atoms with Crippen LogP contribution in [0.3, 0.4) is 0 Å². The van der Waals surface area contributed by atoms with Gasteiger partial charge in [-0.15, -0.1) is 0 Å². The number of carbonyl (C=O) groups is 1. The van der Waals surface area contributed by atoms with Crippen LogP contribution in [0.5, 0.6) is 5.75 Å². The van der Waals surface area contributed by atoms with E-state index in [9.17, 15) is 9.90 Å². The Morgan fingerprint density at radius 1 is 1.19 bits per heavy atom. The number of piperidine rings is 1. The lowest BCUT2D eigenvalue weighted by Crippen LogP contribution is -2.56. The van der Waals surface area contributed by atoms with Crippen molar-refractivity contribution >= 4 is 11.6 Å². The second-order valence-electron chi connectivity index (χ2n) is 9.23. The number of para-hydroxylation sites is 1. The minimum atomic E-state index is -0.662. The number of rotatable bonds is 5. The van der Waals surface area contributed by atoms with E-state index < -0.39 is 5.60 Å². The predicted octanol–water partition coefficient (Wildman–Crippen LogP) is 4.62. The summed E-state index contributed by atoms with van der Waals surface area (Å²) in [4.78, 5) is 15.3. The molecule has 1 aliphatic heterocycles. The molecule has 5 nitrogen and oxygen atoms in total. The Hall–Kier alpha value is -2.37. The zero-order chi connectivity index (χ0) is 22.0. The van der Waals surface area contributed by atoms with Gasteiger partial charge in [0.15, 0.2) is 0 Å². The van der Waals surface area contributed by atoms with E-state index in [-0.39, 0.29) is 17.9 Å². The highest BCUT2D eigenvalue weighted by Crippen LogP contribution is 2.50. The molecule has 0 radical (unpaired) electrons. The number of hydrogen-bond donors (Lipinski definition) is 2. The fourth-order valence-electron chi connectivity index (χ4n) is 5.57. The number of ether oxygens (including phenoxy) is 1. The third-order valence-electron chi connectivity index (χ3n) is 7.13. The van der Waals surface area contributed by atoms with Gasteiger partial charge in [-0.25, -0.2) is 0 Å². The van der Waals surface area contributed by atoms with Gasteiger partial charge in [-0.3, -0.25) is 9.69 Å².